The Balaban J connectivity index is 0. The van der Waals surface area contributed by atoms with E-state index in [1.807, 2.05) is 27.7 Å². The zero-order chi connectivity index (χ0) is 11.1. The lowest BCUT2D eigenvalue weighted by molar-refractivity contribution is -0.133. The van der Waals surface area contributed by atoms with Crippen LogP contribution < -0.4 is 11.5 Å². The minimum Gasteiger partial charge on any atom is -0.369 e. The molecule has 0 aromatic heterocycles. The Kier molecular flexibility index (Phi) is 7.18. The second-order valence-corrected chi connectivity index (χ2v) is 2.31. The molecule has 0 aromatic rings. The standard InChI is InChI=1S/C5H8N2O2.2C2H6/c6-3(8)5(1-2-5)4(7)9;2*1-2/h1-2H2,(H2,6,8)(H2,7,9);2*1-2H3. The number of rotatable bonds is 2. The van der Waals surface area contributed by atoms with Crippen molar-refractivity contribution in [1.82, 2.24) is 0 Å². The first-order valence-corrected chi connectivity index (χ1v) is 4.69. The average Bonchev–Trinajstić information content (AvgIpc) is 2.91. The number of primary amides is 2. The topological polar surface area (TPSA) is 86.2 Å². The van der Waals surface area contributed by atoms with Crippen molar-refractivity contribution < 1.29 is 9.59 Å². The fourth-order valence-electron chi connectivity index (χ4n) is 0.739. The number of nitrogens with two attached hydrogens (primary N) is 2. The zero-order valence-electron chi connectivity index (χ0n) is 8.89. The molecule has 1 saturated carbocycles. The van der Waals surface area contributed by atoms with Crippen LogP contribution in [0.5, 0.6) is 0 Å². The van der Waals surface area contributed by atoms with Crippen molar-refractivity contribution >= 4 is 11.8 Å². The van der Waals surface area contributed by atoms with E-state index in [0.717, 1.165) is 0 Å². The number of carbonyl (C=O) groups excluding carboxylic acids is 2. The minimum atomic E-state index is -0.972. The molecule has 1 aliphatic carbocycles. The van der Waals surface area contributed by atoms with Crippen molar-refractivity contribution in [1.29, 1.82) is 0 Å². The molecule has 0 atom stereocenters. The molecule has 1 fully saturated rings. The van der Waals surface area contributed by atoms with Crippen molar-refractivity contribution in [2.45, 2.75) is 40.5 Å². The molecule has 0 bridgehead atoms. The van der Waals surface area contributed by atoms with Crippen LogP contribution in [0.1, 0.15) is 40.5 Å². The molecule has 0 aromatic carbocycles. The summed E-state index contributed by atoms with van der Waals surface area (Å²) in [6.45, 7) is 8.00. The van der Waals surface area contributed by atoms with E-state index in [-0.39, 0.29) is 0 Å². The molecular weight excluding hydrogens is 168 g/mol. The Morgan fingerprint density at radius 2 is 1.15 bits per heavy atom. The molecule has 4 nitrogen and oxygen atoms in total. The molecule has 0 radical (unpaired) electrons. The van der Waals surface area contributed by atoms with Gasteiger partial charge in [-0.2, -0.15) is 0 Å². The van der Waals surface area contributed by atoms with Gasteiger partial charge in [-0.15, -0.1) is 0 Å². The highest BCUT2D eigenvalue weighted by Gasteiger charge is 2.54. The molecule has 4 N–H and O–H groups in total. The van der Waals surface area contributed by atoms with Crippen LogP contribution in [0.4, 0.5) is 0 Å². The van der Waals surface area contributed by atoms with E-state index >= 15 is 0 Å². The molecule has 0 aliphatic heterocycles. The zero-order valence-corrected chi connectivity index (χ0v) is 8.89. The first kappa shape index (κ1) is 14.5. The van der Waals surface area contributed by atoms with Crippen LogP contribution in [0.25, 0.3) is 0 Å². The summed E-state index contributed by atoms with van der Waals surface area (Å²) in [7, 11) is 0. The fraction of sp³-hybridized carbons (Fsp3) is 0.778. The van der Waals surface area contributed by atoms with Crippen LogP contribution in [-0.2, 0) is 9.59 Å². The van der Waals surface area contributed by atoms with E-state index in [4.69, 9.17) is 11.5 Å². The lowest BCUT2D eigenvalue weighted by Gasteiger charge is -2.02. The van der Waals surface area contributed by atoms with Crippen molar-refractivity contribution in [3.63, 3.8) is 0 Å². The van der Waals surface area contributed by atoms with Crippen LogP contribution in [0.2, 0.25) is 0 Å². The molecule has 4 heteroatoms. The predicted octanol–water partition coefficient (Wildman–Crippen LogP) is 0.790. The number of carbonyl (C=O) groups is 2. The highest BCUT2D eigenvalue weighted by atomic mass is 16.2. The van der Waals surface area contributed by atoms with Gasteiger partial charge in [0.1, 0.15) is 5.41 Å². The Morgan fingerprint density at radius 1 is 0.923 bits per heavy atom. The van der Waals surface area contributed by atoms with E-state index in [2.05, 4.69) is 0 Å². The number of hydrogen-bond acceptors (Lipinski definition) is 2. The van der Waals surface area contributed by atoms with Crippen LogP contribution in [-0.4, -0.2) is 11.8 Å². The van der Waals surface area contributed by atoms with E-state index in [1.54, 1.807) is 0 Å². The third-order valence-electron chi connectivity index (χ3n) is 1.69. The normalized spacial score (nSPS) is 15.4. The van der Waals surface area contributed by atoms with Gasteiger partial charge in [0.25, 0.3) is 0 Å². The molecular formula is C9H20N2O2. The van der Waals surface area contributed by atoms with E-state index in [1.165, 1.54) is 0 Å². The molecule has 1 rings (SSSR count). The lowest BCUT2D eigenvalue weighted by atomic mass is 10.1. The summed E-state index contributed by atoms with van der Waals surface area (Å²) in [5.41, 5.74) is 8.82. The molecule has 0 spiro atoms. The summed E-state index contributed by atoms with van der Waals surface area (Å²) in [5.74, 6) is -1.18. The smallest absolute Gasteiger partial charge is 0.233 e. The summed E-state index contributed by atoms with van der Waals surface area (Å²) in [5, 5.41) is 0. The number of amides is 2. The van der Waals surface area contributed by atoms with Crippen molar-refractivity contribution in [2.24, 2.45) is 16.9 Å². The van der Waals surface area contributed by atoms with E-state index < -0.39 is 17.2 Å². The van der Waals surface area contributed by atoms with Crippen molar-refractivity contribution in [3.8, 4) is 0 Å². The largest absolute Gasteiger partial charge is 0.369 e. The maximum atomic E-state index is 10.4. The highest BCUT2D eigenvalue weighted by Crippen LogP contribution is 2.44. The summed E-state index contributed by atoms with van der Waals surface area (Å²) >= 11 is 0. The SMILES string of the molecule is CC.CC.NC(=O)C1(C(N)=O)CC1. The molecule has 0 heterocycles. The Morgan fingerprint density at radius 3 is 1.15 bits per heavy atom. The minimum absolute atomic E-state index is 0.525. The molecule has 13 heavy (non-hydrogen) atoms. The second-order valence-electron chi connectivity index (χ2n) is 2.31. The Hall–Kier alpha value is -1.06. The average molecular weight is 188 g/mol. The van der Waals surface area contributed by atoms with Gasteiger partial charge in [-0.25, -0.2) is 0 Å². The van der Waals surface area contributed by atoms with Gasteiger partial charge < -0.3 is 11.5 Å². The van der Waals surface area contributed by atoms with Crippen LogP contribution in [0.15, 0.2) is 0 Å². The molecule has 1 aliphatic rings. The first-order chi connectivity index (χ1) is 6.09. The van der Waals surface area contributed by atoms with Gasteiger partial charge in [-0.1, -0.05) is 27.7 Å². The number of hydrogen-bond donors (Lipinski definition) is 2. The van der Waals surface area contributed by atoms with Crippen molar-refractivity contribution in [3.05, 3.63) is 0 Å². The van der Waals surface area contributed by atoms with E-state index in [0.29, 0.717) is 12.8 Å². The molecule has 0 saturated heterocycles. The van der Waals surface area contributed by atoms with Crippen LogP contribution >= 0.6 is 0 Å². The van der Waals surface area contributed by atoms with Crippen molar-refractivity contribution in [2.75, 3.05) is 0 Å². The van der Waals surface area contributed by atoms with Crippen LogP contribution in [0, 0.1) is 5.41 Å². The highest BCUT2D eigenvalue weighted by molar-refractivity contribution is 6.06. The Labute approximate surface area is 79.7 Å². The lowest BCUT2D eigenvalue weighted by Crippen LogP contribution is -2.36. The van der Waals surface area contributed by atoms with Gasteiger partial charge in [0.2, 0.25) is 11.8 Å². The predicted molar refractivity (Wildman–Crippen MR) is 52.8 cm³/mol. The molecule has 0 unspecified atom stereocenters. The molecule has 2 amide bonds. The maximum Gasteiger partial charge on any atom is 0.233 e. The summed E-state index contributed by atoms with van der Waals surface area (Å²) in [6.07, 6.45) is 1.05. The van der Waals surface area contributed by atoms with Gasteiger partial charge in [0.15, 0.2) is 0 Å². The fourth-order valence-corrected chi connectivity index (χ4v) is 0.739. The summed E-state index contributed by atoms with van der Waals surface area (Å²) < 4.78 is 0. The quantitative estimate of drug-likeness (QED) is 0.628. The Bertz CT molecular complexity index is 158. The molecule has 78 valence electrons. The summed E-state index contributed by atoms with van der Waals surface area (Å²) in [6, 6.07) is 0. The third kappa shape index (κ3) is 3.44. The third-order valence-corrected chi connectivity index (χ3v) is 1.69. The van der Waals surface area contributed by atoms with Gasteiger partial charge in [0, 0.05) is 0 Å². The van der Waals surface area contributed by atoms with Gasteiger partial charge in [0.05, 0.1) is 0 Å². The van der Waals surface area contributed by atoms with Gasteiger partial charge >= 0.3 is 0 Å². The maximum absolute atomic E-state index is 10.4. The monoisotopic (exact) mass is 188 g/mol. The van der Waals surface area contributed by atoms with Gasteiger partial charge in [-0.3, -0.25) is 9.59 Å². The second kappa shape index (κ2) is 6.46. The van der Waals surface area contributed by atoms with Gasteiger partial charge in [-0.05, 0) is 12.8 Å². The summed E-state index contributed by atoms with van der Waals surface area (Å²) in [4.78, 5) is 20.9. The van der Waals surface area contributed by atoms with E-state index in [9.17, 15) is 9.59 Å². The first-order valence-electron chi connectivity index (χ1n) is 4.69. The van der Waals surface area contributed by atoms with Crippen LogP contribution in [0.3, 0.4) is 0 Å².